The van der Waals surface area contributed by atoms with Gasteiger partial charge in [0.1, 0.15) is 0 Å². The van der Waals surface area contributed by atoms with E-state index in [1.807, 2.05) is 0 Å². The van der Waals surface area contributed by atoms with Gasteiger partial charge in [-0.25, -0.2) is 0 Å². The maximum Gasteiger partial charge on any atom is 0.231 e. The van der Waals surface area contributed by atoms with Gasteiger partial charge in [-0.15, -0.1) is 0 Å². The third-order valence-electron chi connectivity index (χ3n) is 4.04. The van der Waals surface area contributed by atoms with Gasteiger partial charge in [-0.2, -0.15) is 15.0 Å². The first-order valence-corrected chi connectivity index (χ1v) is 10.1. The van der Waals surface area contributed by atoms with Crippen molar-refractivity contribution in [3.63, 3.8) is 0 Å². The normalized spacial score (nSPS) is 10.8. The third kappa shape index (κ3) is 6.67. The van der Waals surface area contributed by atoms with Crippen molar-refractivity contribution in [3.8, 4) is 0 Å². The summed E-state index contributed by atoms with van der Waals surface area (Å²) in [6, 6.07) is 0. The Morgan fingerprint density at radius 3 is 1.16 bits per heavy atom. The standard InChI is InChI=1S/C19H38N6/c1-7-12-23(6)17-20-18(24(13-8-2)14-9-3)22-19(21-17)25(15-10-4)16-11-5/h7-16H2,1-6H3. The molecule has 0 bridgehead atoms. The highest BCUT2D eigenvalue weighted by Crippen LogP contribution is 2.20. The number of anilines is 3. The van der Waals surface area contributed by atoms with E-state index in [1.165, 1.54) is 0 Å². The fraction of sp³-hybridized carbons (Fsp3) is 0.842. The number of nitrogens with zero attached hydrogens (tertiary/aromatic N) is 6. The number of hydrogen-bond acceptors (Lipinski definition) is 6. The Bertz CT molecular complexity index is 433. The summed E-state index contributed by atoms with van der Waals surface area (Å²) in [4.78, 5) is 21.2. The second-order valence-corrected chi connectivity index (χ2v) is 6.63. The minimum absolute atomic E-state index is 0.788. The lowest BCUT2D eigenvalue weighted by atomic mass is 10.3. The van der Waals surface area contributed by atoms with Gasteiger partial charge in [0.15, 0.2) is 0 Å². The van der Waals surface area contributed by atoms with Crippen molar-refractivity contribution in [2.75, 3.05) is 54.5 Å². The highest BCUT2D eigenvalue weighted by atomic mass is 15.4. The number of aromatic nitrogens is 3. The zero-order valence-corrected chi connectivity index (χ0v) is 17.3. The maximum absolute atomic E-state index is 4.85. The second kappa shape index (κ2) is 11.9. The molecule has 0 saturated carbocycles. The fourth-order valence-corrected chi connectivity index (χ4v) is 2.94. The SMILES string of the molecule is CCCN(C)c1nc(N(CCC)CCC)nc(N(CCC)CCC)n1. The fourth-order valence-electron chi connectivity index (χ4n) is 2.94. The Labute approximate surface area is 154 Å². The van der Waals surface area contributed by atoms with Crippen molar-refractivity contribution in [3.05, 3.63) is 0 Å². The van der Waals surface area contributed by atoms with E-state index in [4.69, 9.17) is 15.0 Å². The summed E-state index contributed by atoms with van der Waals surface area (Å²) < 4.78 is 0. The molecule has 0 N–H and O–H groups in total. The maximum atomic E-state index is 4.85. The van der Waals surface area contributed by atoms with Crippen LogP contribution in [0.25, 0.3) is 0 Å². The molecule has 0 radical (unpaired) electrons. The van der Waals surface area contributed by atoms with Crippen LogP contribution in [0.1, 0.15) is 66.7 Å². The average Bonchev–Trinajstić information content (AvgIpc) is 2.61. The first-order valence-electron chi connectivity index (χ1n) is 10.1. The summed E-state index contributed by atoms with van der Waals surface area (Å²) in [6.45, 7) is 15.9. The molecule has 1 rings (SSSR count). The van der Waals surface area contributed by atoms with Gasteiger partial charge in [-0.1, -0.05) is 34.6 Å². The van der Waals surface area contributed by atoms with Crippen molar-refractivity contribution in [1.82, 2.24) is 15.0 Å². The van der Waals surface area contributed by atoms with E-state index >= 15 is 0 Å². The van der Waals surface area contributed by atoms with E-state index in [-0.39, 0.29) is 0 Å². The Hall–Kier alpha value is -1.59. The van der Waals surface area contributed by atoms with E-state index in [0.717, 1.165) is 82.7 Å². The highest BCUT2D eigenvalue weighted by Gasteiger charge is 2.17. The lowest BCUT2D eigenvalue weighted by Crippen LogP contribution is -2.32. The van der Waals surface area contributed by atoms with Crippen LogP contribution < -0.4 is 14.7 Å². The van der Waals surface area contributed by atoms with Gasteiger partial charge in [0.05, 0.1) is 0 Å². The summed E-state index contributed by atoms with van der Waals surface area (Å²) in [5.41, 5.74) is 0. The molecule has 0 unspecified atom stereocenters. The predicted octanol–water partition coefficient (Wildman–Crippen LogP) is 3.97. The Kier molecular flexibility index (Phi) is 10.2. The monoisotopic (exact) mass is 350 g/mol. The van der Waals surface area contributed by atoms with Crippen LogP contribution in [-0.4, -0.2) is 54.7 Å². The molecule has 0 amide bonds. The minimum atomic E-state index is 0.788. The van der Waals surface area contributed by atoms with E-state index in [9.17, 15) is 0 Å². The molecular weight excluding hydrogens is 312 g/mol. The molecule has 6 heteroatoms. The minimum Gasteiger partial charge on any atom is -0.344 e. The van der Waals surface area contributed by atoms with Crippen molar-refractivity contribution >= 4 is 17.8 Å². The molecule has 6 nitrogen and oxygen atoms in total. The molecule has 1 heterocycles. The first-order chi connectivity index (χ1) is 12.1. The van der Waals surface area contributed by atoms with Crippen LogP contribution in [0.15, 0.2) is 0 Å². The molecule has 0 fully saturated rings. The van der Waals surface area contributed by atoms with Gasteiger partial charge in [-0.3, -0.25) is 0 Å². The molecule has 0 saturated heterocycles. The molecule has 0 aromatic carbocycles. The van der Waals surface area contributed by atoms with Crippen LogP contribution >= 0.6 is 0 Å². The van der Waals surface area contributed by atoms with Crippen LogP contribution in [0.4, 0.5) is 17.8 Å². The Morgan fingerprint density at radius 1 is 0.520 bits per heavy atom. The molecule has 0 aliphatic heterocycles. The second-order valence-electron chi connectivity index (χ2n) is 6.63. The van der Waals surface area contributed by atoms with Crippen molar-refractivity contribution in [2.45, 2.75) is 66.7 Å². The largest absolute Gasteiger partial charge is 0.344 e. The third-order valence-corrected chi connectivity index (χ3v) is 4.04. The zero-order valence-electron chi connectivity index (χ0n) is 17.3. The van der Waals surface area contributed by atoms with Crippen molar-refractivity contribution in [2.24, 2.45) is 0 Å². The number of hydrogen-bond donors (Lipinski definition) is 0. The van der Waals surface area contributed by atoms with Gasteiger partial charge >= 0.3 is 0 Å². The molecule has 1 aromatic heterocycles. The molecule has 0 spiro atoms. The van der Waals surface area contributed by atoms with Crippen LogP contribution in [0.5, 0.6) is 0 Å². The Morgan fingerprint density at radius 2 is 0.840 bits per heavy atom. The zero-order chi connectivity index (χ0) is 18.7. The molecule has 1 aromatic rings. The van der Waals surface area contributed by atoms with Crippen molar-refractivity contribution < 1.29 is 0 Å². The lowest BCUT2D eigenvalue weighted by molar-refractivity contribution is 0.688. The van der Waals surface area contributed by atoms with Gasteiger partial charge in [0.25, 0.3) is 0 Å². The smallest absolute Gasteiger partial charge is 0.231 e. The van der Waals surface area contributed by atoms with Gasteiger partial charge in [0.2, 0.25) is 17.8 Å². The summed E-state index contributed by atoms with van der Waals surface area (Å²) in [7, 11) is 2.07. The molecular formula is C19H38N6. The van der Waals surface area contributed by atoms with Gasteiger partial charge < -0.3 is 14.7 Å². The van der Waals surface area contributed by atoms with E-state index < -0.39 is 0 Å². The van der Waals surface area contributed by atoms with Crippen molar-refractivity contribution in [1.29, 1.82) is 0 Å². The Balaban J connectivity index is 3.28. The molecule has 144 valence electrons. The quantitative estimate of drug-likeness (QED) is 0.536. The lowest BCUT2D eigenvalue weighted by Gasteiger charge is -2.27. The molecule has 0 atom stereocenters. The summed E-state index contributed by atoms with van der Waals surface area (Å²) >= 11 is 0. The van der Waals surface area contributed by atoms with Crippen LogP contribution in [0.3, 0.4) is 0 Å². The molecule has 0 aliphatic rings. The summed E-state index contributed by atoms with van der Waals surface area (Å²) in [5.74, 6) is 2.43. The average molecular weight is 351 g/mol. The van der Waals surface area contributed by atoms with E-state index in [1.54, 1.807) is 0 Å². The number of rotatable bonds is 13. The van der Waals surface area contributed by atoms with Gasteiger partial charge in [-0.05, 0) is 32.1 Å². The molecule has 0 aliphatic carbocycles. The summed E-state index contributed by atoms with van der Waals surface area (Å²) in [5, 5.41) is 0. The highest BCUT2D eigenvalue weighted by molar-refractivity contribution is 5.46. The predicted molar refractivity (Wildman–Crippen MR) is 109 cm³/mol. The van der Waals surface area contributed by atoms with E-state index in [0.29, 0.717) is 0 Å². The van der Waals surface area contributed by atoms with Gasteiger partial charge in [0, 0.05) is 39.8 Å². The van der Waals surface area contributed by atoms with Crippen LogP contribution in [0.2, 0.25) is 0 Å². The molecule has 25 heavy (non-hydrogen) atoms. The van der Waals surface area contributed by atoms with Crippen LogP contribution in [0, 0.1) is 0 Å². The van der Waals surface area contributed by atoms with E-state index in [2.05, 4.69) is 56.4 Å². The van der Waals surface area contributed by atoms with Crippen LogP contribution in [-0.2, 0) is 0 Å². The first kappa shape index (κ1) is 21.5. The topological polar surface area (TPSA) is 48.4 Å². The summed E-state index contributed by atoms with van der Waals surface area (Å²) in [6.07, 6.45) is 5.45.